The fourth-order valence-electron chi connectivity index (χ4n) is 3.25. The Morgan fingerprint density at radius 2 is 1.95 bits per heavy atom. The molecule has 2 rings (SSSR count). The Morgan fingerprint density at radius 1 is 1.19 bits per heavy atom. The maximum Gasteiger partial charge on any atom is 0.137 e. The van der Waals surface area contributed by atoms with E-state index >= 15 is 0 Å². The van der Waals surface area contributed by atoms with Gasteiger partial charge in [-0.25, -0.2) is 0 Å². The lowest BCUT2D eigenvalue weighted by atomic mass is 9.82. The summed E-state index contributed by atoms with van der Waals surface area (Å²) in [4.78, 5) is 4.36. The first-order valence-corrected chi connectivity index (χ1v) is 8.23. The van der Waals surface area contributed by atoms with E-state index in [0.717, 1.165) is 12.3 Å². The number of hydrogen-bond donors (Lipinski definition) is 1. The van der Waals surface area contributed by atoms with Gasteiger partial charge in [-0.3, -0.25) is 4.98 Å². The molecule has 0 amide bonds. The predicted molar refractivity (Wildman–Crippen MR) is 87.9 cm³/mol. The average Bonchev–Trinajstić information content (AvgIpc) is 2.69. The predicted octanol–water partition coefficient (Wildman–Crippen LogP) is 4.14. The molecule has 1 aromatic heterocycles. The van der Waals surface area contributed by atoms with Gasteiger partial charge in [0.05, 0.1) is 13.3 Å². The second kappa shape index (κ2) is 7.26. The molecule has 1 N–H and O–H groups in total. The lowest BCUT2D eigenvalue weighted by Crippen LogP contribution is -2.40. The van der Waals surface area contributed by atoms with E-state index in [1.165, 1.54) is 37.7 Å². The summed E-state index contributed by atoms with van der Waals surface area (Å²) in [5.74, 6) is 2.17. The Bertz CT molecular complexity index is 439. The number of aromatic nitrogens is 1. The van der Waals surface area contributed by atoms with Gasteiger partial charge < -0.3 is 10.1 Å². The van der Waals surface area contributed by atoms with Gasteiger partial charge >= 0.3 is 0 Å². The van der Waals surface area contributed by atoms with Crippen molar-refractivity contribution in [2.75, 3.05) is 13.7 Å². The molecule has 1 heterocycles. The van der Waals surface area contributed by atoms with Gasteiger partial charge in [-0.2, -0.15) is 0 Å². The van der Waals surface area contributed by atoms with Crippen molar-refractivity contribution in [2.24, 2.45) is 5.92 Å². The molecular weight excluding hydrogens is 260 g/mol. The number of ether oxygens (including phenoxy) is 1. The van der Waals surface area contributed by atoms with Crippen molar-refractivity contribution in [3.8, 4) is 5.75 Å². The van der Waals surface area contributed by atoms with Crippen LogP contribution in [-0.2, 0) is 0 Å². The summed E-state index contributed by atoms with van der Waals surface area (Å²) < 4.78 is 5.35. The standard InChI is InChI=1S/C18H30N2O/c1-18(2,3)20-12-14-8-6-5-7-9-17(14)15-10-16(21-4)13-19-11-15/h10-11,13-14,17,20H,5-9,12H2,1-4H3. The van der Waals surface area contributed by atoms with E-state index in [4.69, 9.17) is 4.74 Å². The summed E-state index contributed by atoms with van der Waals surface area (Å²) in [7, 11) is 1.71. The van der Waals surface area contributed by atoms with Crippen LogP contribution in [-0.4, -0.2) is 24.2 Å². The van der Waals surface area contributed by atoms with Gasteiger partial charge in [-0.15, -0.1) is 0 Å². The average molecular weight is 290 g/mol. The smallest absolute Gasteiger partial charge is 0.137 e. The van der Waals surface area contributed by atoms with Gasteiger partial charge in [-0.1, -0.05) is 19.3 Å². The van der Waals surface area contributed by atoms with Crippen molar-refractivity contribution >= 4 is 0 Å². The molecule has 21 heavy (non-hydrogen) atoms. The second-order valence-electron chi connectivity index (χ2n) is 7.29. The number of rotatable bonds is 4. The molecule has 2 atom stereocenters. The molecular formula is C18H30N2O. The zero-order valence-corrected chi connectivity index (χ0v) is 14.0. The zero-order valence-electron chi connectivity index (χ0n) is 14.0. The first kappa shape index (κ1) is 16.3. The van der Waals surface area contributed by atoms with Gasteiger partial charge in [0, 0.05) is 11.7 Å². The highest BCUT2D eigenvalue weighted by molar-refractivity contribution is 5.27. The maximum absolute atomic E-state index is 5.35. The minimum absolute atomic E-state index is 0.184. The topological polar surface area (TPSA) is 34.1 Å². The number of hydrogen-bond acceptors (Lipinski definition) is 3. The highest BCUT2D eigenvalue weighted by Crippen LogP contribution is 2.37. The molecule has 0 saturated heterocycles. The van der Waals surface area contributed by atoms with Crippen LogP contribution in [0.2, 0.25) is 0 Å². The number of methoxy groups -OCH3 is 1. The number of nitrogens with one attached hydrogen (secondary N) is 1. The van der Waals surface area contributed by atoms with Crippen LogP contribution < -0.4 is 10.1 Å². The van der Waals surface area contributed by atoms with Crippen LogP contribution >= 0.6 is 0 Å². The van der Waals surface area contributed by atoms with Gasteiger partial charge in [-0.05, 0) is 63.6 Å². The van der Waals surface area contributed by atoms with Gasteiger partial charge in [0.15, 0.2) is 0 Å². The van der Waals surface area contributed by atoms with Gasteiger partial charge in [0.25, 0.3) is 0 Å². The third-order valence-electron chi connectivity index (χ3n) is 4.45. The first-order chi connectivity index (χ1) is 9.99. The molecule has 3 heteroatoms. The zero-order chi connectivity index (χ0) is 15.3. The van der Waals surface area contributed by atoms with Crippen molar-refractivity contribution in [1.29, 1.82) is 0 Å². The second-order valence-corrected chi connectivity index (χ2v) is 7.29. The van der Waals surface area contributed by atoms with Crippen molar-refractivity contribution < 1.29 is 4.74 Å². The molecule has 0 spiro atoms. The van der Waals surface area contributed by atoms with E-state index in [-0.39, 0.29) is 5.54 Å². The van der Waals surface area contributed by atoms with Crippen molar-refractivity contribution in [3.05, 3.63) is 24.0 Å². The monoisotopic (exact) mass is 290 g/mol. The van der Waals surface area contributed by atoms with Crippen LogP contribution in [0.3, 0.4) is 0 Å². The highest BCUT2D eigenvalue weighted by atomic mass is 16.5. The molecule has 1 fully saturated rings. The van der Waals surface area contributed by atoms with E-state index in [1.54, 1.807) is 13.3 Å². The normalized spacial score (nSPS) is 23.6. The van der Waals surface area contributed by atoms with Gasteiger partial charge in [0.1, 0.15) is 5.75 Å². The van der Waals surface area contributed by atoms with Crippen molar-refractivity contribution in [3.63, 3.8) is 0 Å². The van der Waals surface area contributed by atoms with E-state index in [0.29, 0.717) is 11.8 Å². The molecule has 3 nitrogen and oxygen atoms in total. The molecule has 2 unspecified atom stereocenters. The van der Waals surface area contributed by atoms with Crippen LogP contribution in [0.15, 0.2) is 18.5 Å². The van der Waals surface area contributed by atoms with Crippen molar-refractivity contribution in [1.82, 2.24) is 10.3 Å². The van der Waals surface area contributed by atoms with Gasteiger partial charge in [0.2, 0.25) is 0 Å². The van der Waals surface area contributed by atoms with E-state index in [9.17, 15) is 0 Å². The lowest BCUT2D eigenvalue weighted by molar-refractivity contribution is 0.321. The van der Waals surface area contributed by atoms with Crippen LogP contribution in [0.4, 0.5) is 0 Å². The van der Waals surface area contributed by atoms with Crippen LogP contribution in [0, 0.1) is 5.92 Å². The summed E-state index contributed by atoms with van der Waals surface area (Å²) in [5, 5.41) is 3.70. The lowest BCUT2D eigenvalue weighted by Gasteiger charge is -2.30. The molecule has 0 bridgehead atoms. The molecule has 1 aromatic rings. The minimum Gasteiger partial charge on any atom is -0.495 e. The Labute approximate surface area is 129 Å². The third kappa shape index (κ3) is 4.99. The molecule has 1 saturated carbocycles. The molecule has 0 aliphatic heterocycles. The molecule has 1 aliphatic rings. The van der Waals surface area contributed by atoms with E-state index in [2.05, 4.69) is 37.1 Å². The van der Waals surface area contributed by atoms with E-state index in [1.807, 2.05) is 6.20 Å². The summed E-state index contributed by atoms with van der Waals surface area (Å²) in [6.45, 7) is 7.81. The van der Waals surface area contributed by atoms with Crippen LogP contribution in [0.5, 0.6) is 5.75 Å². The summed E-state index contributed by atoms with van der Waals surface area (Å²) >= 11 is 0. The fraction of sp³-hybridized carbons (Fsp3) is 0.722. The Kier molecular flexibility index (Phi) is 5.63. The first-order valence-electron chi connectivity index (χ1n) is 8.23. The maximum atomic E-state index is 5.35. The van der Waals surface area contributed by atoms with Crippen molar-refractivity contribution in [2.45, 2.75) is 64.3 Å². The molecule has 0 radical (unpaired) electrons. The number of nitrogens with zero attached hydrogens (tertiary/aromatic N) is 1. The summed E-state index contributed by atoms with van der Waals surface area (Å²) in [6.07, 6.45) is 10.4. The minimum atomic E-state index is 0.184. The summed E-state index contributed by atoms with van der Waals surface area (Å²) in [6, 6.07) is 2.17. The fourth-order valence-corrected chi connectivity index (χ4v) is 3.25. The molecule has 118 valence electrons. The Balaban J connectivity index is 2.14. The van der Waals surface area contributed by atoms with E-state index < -0.39 is 0 Å². The third-order valence-corrected chi connectivity index (χ3v) is 4.45. The number of pyridine rings is 1. The Hall–Kier alpha value is -1.09. The SMILES string of the molecule is COc1cncc(C2CCCCCC2CNC(C)(C)C)c1. The molecule has 0 aromatic carbocycles. The highest BCUT2D eigenvalue weighted by Gasteiger charge is 2.26. The summed E-state index contributed by atoms with van der Waals surface area (Å²) in [5.41, 5.74) is 1.53. The Morgan fingerprint density at radius 3 is 2.67 bits per heavy atom. The largest absolute Gasteiger partial charge is 0.495 e. The quantitative estimate of drug-likeness (QED) is 0.846. The van der Waals surface area contributed by atoms with Crippen LogP contribution in [0.1, 0.15) is 64.4 Å². The molecule has 1 aliphatic carbocycles. The van der Waals surface area contributed by atoms with Crippen LogP contribution in [0.25, 0.3) is 0 Å².